The molecule has 1 saturated heterocycles. The van der Waals surface area contributed by atoms with E-state index in [1.165, 1.54) is 27.0 Å². The lowest BCUT2D eigenvalue weighted by atomic mass is 9.91. The molecule has 10 heteroatoms. The number of hydrogen-bond acceptors (Lipinski definition) is 7. The monoisotopic (exact) mass is 404 g/mol. The van der Waals surface area contributed by atoms with E-state index in [1.54, 1.807) is 0 Å². The van der Waals surface area contributed by atoms with Crippen LogP contribution >= 0.6 is 15.9 Å². The van der Waals surface area contributed by atoms with Crippen LogP contribution in [0.15, 0.2) is 15.8 Å². The number of Topliss-reactive ketones (excluding diaryl/α,β-unsaturated/α-hetero) is 1. The summed E-state index contributed by atoms with van der Waals surface area (Å²) in [5.74, 6) is -1.21. The van der Waals surface area contributed by atoms with Crippen LogP contribution in [0.3, 0.4) is 0 Å². The van der Waals surface area contributed by atoms with E-state index in [2.05, 4.69) is 20.9 Å². The predicted molar refractivity (Wildman–Crippen MR) is 84.9 cm³/mol. The van der Waals surface area contributed by atoms with E-state index in [0.717, 1.165) is 4.57 Å². The molecule has 0 aromatic carbocycles. The maximum absolute atomic E-state index is 12.0. The molecule has 0 spiro atoms. The smallest absolute Gasteiger partial charge is 0.330 e. The van der Waals surface area contributed by atoms with Crippen LogP contribution in [0.1, 0.15) is 25.6 Å². The molecular formula is C14H17BrN2O7. The number of rotatable bonds is 4. The number of aromatic nitrogens is 2. The number of aryl methyl sites for hydroxylation is 1. The summed E-state index contributed by atoms with van der Waals surface area (Å²) < 4.78 is 11.5. The van der Waals surface area contributed by atoms with Gasteiger partial charge in [0.05, 0.1) is 4.83 Å². The Morgan fingerprint density at radius 2 is 2.08 bits per heavy atom. The molecule has 1 fully saturated rings. The second-order valence-electron chi connectivity index (χ2n) is 5.58. The minimum absolute atomic E-state index is 0.257. The summed E-state index contributed by atoms with van der Waals surface area (Å²) in [5.41, 5.74) is -3.05. The molecule has 2 heterocycles. The number of nitrogens with zero attached hydrogens (tertiary/aromatic N) is 1. The maximum Gasteiger partial charge on any atom is 0.330 e. The molecule has 4 atom stereocenters. The Labute approximate surface area is 144 Å². The Kier molecular flexibility index (Phi) is 5.11. The van der Waals surface area contributed by atoms with Gasteiger partial charge in [-0.3, -0.25) is 23.9 Å². The highest BCUT2D eigenvalue weighted by Gasteiger charge is 2.59. The zero-order valence-electron chi connectivity index (χ0n) is 13.2. The Morgan fingerprint density at radius 3 is 2.62 bits per heavy atom. The number of hydrogen-bond donors (Lipinski definition) is 2. The molecule has 0 aliphatic carbocycles. The molecule has 0 saturated carbocycles. The van der Waals surface area contributed by atoms with Crippen molar-refractivity contribution in [3.8, 4) is 0 Å². The lowest BCUT2D eigenvalue weighted by Gasteiger charge is -2.27. The number of alkyl halides is 1. The van der Waals surface area contributed by atoms with E-state index in [9.17, 15) is 24.3 Å². The first kappa shape index (κ1) is 18.6. The van der Waals surface area contributed by atoms with Gasteiger partial charge in [0.25, 0.3) is 5.56 Å². The van der Waals surface area contributed by atoms with Gasteiger partial charge in [-0.05, 0) is 13.8 Å². The van der Waals surface area contributed by atoms with Crippen LogP contribution < -0.4 is 11.2 Å². The van der Waals surface area contributed by atoms with Gasteiger partial charge >= 0.3 is 11.7 Å². The number of aromatic amines is 1. The topological polar surface area (TPSA) is 128 Å². The number of H-pyrrole nitrogens is 1. The quantitative estimate of drug-likeness (QED) is 0.505. The molecule has 0 radical (unpaired) electrons. The average Bonchev–Trinajstić information content (AvgIpc) is 2.74. The third kappa shape index (κ3) is 3.08. The van der Waals surface area contributed by atoms with Crippen LogP contribution in [0.4, 0.5) is 0 Å². The first-order chi connectivity index (χ1) is 11.1. The number of carbonyl (C=O) groups is 2. The van der Waals surface area contributed by atoms with Gasteiger partial charge in [0, 0.05) is 18.7 Å². The number of nitrogens with one attached hydrogen (secondary N) is 1. The lowest BCUT2D eigenvalue weighted by molar-refractivity contribution is -0.157. The molecule has 132 valence electrons. The van der Waals surface area contributed by atoms with Crippen molar-refractivity contribution in [2.75, 3.05) is 6.61 Å². The van der Waals surface area contributed by atoms with Gasteiger partial charge in [-0.15, -0.1) is 0 Å². The van der Waals surface area contributed by atoms with Crippen LogP contribution in [0.2, 0.25) is 0 Å². The molecule has 2 N–H and O–H groups in total. The molecule has 1 aliphatic heterocycles. The van der Waals surface area contributed by atoms with Gasteiger partial charge in [-0.2, -0.15) is 0 Å². The number of aliphatic hydroxyl groups is 1. The number of esters is 1. The summed E-state index contributed by atoms with van der Waals surface area (Å²) in [4.78, 5) is 47.6. The highest BCUT2D eigenvalue weighted by Crippen LogP contribution is 2.42. The molecule has 1 aromatic heterocycles. The standard InChI is InChI=1S/C14H17BrN2O7/c1-6-4-17(13(21)16-11(6)20)12-10(15)14(22,7(2)18)9(24-12)5-23-8(3)19/h4,9-10,12,22H,5H2,1-3H3,(H,16,20,21)/t9-,10+,12-,14-/m1/s1. The first-order valence-corrected chi connectivity index (χ1v) is 7.99. The Morgan fingerprint density at radius 1 is 1.46 bits per heavy atom. The van der Waals surface area contributed by atoms with Crippen LogP contribution in [-0.2, 0) is 19.1 Å². The molecule has 0 bridgehead atoms. The van der Waals surface area contributed by atoms with Gasteiger partial charge in [-0.25, -0.2) is 4.79 Å². The van der Waals surface area contributed by atoms with Gasteiger partial charge < -0.3 is 14.6 Å². The fourth-order valence-corrected chi connectivity index (χ4v) is 3.49. The van der Waals surface area contributed by atoms with Crippen LogP contribution in [0.25, 0.3) is 0 Å². The highest BCUT2D eigenvalue weighted by molar-refractivity contribution is 9.09. The van der Waals surface area contributed by atoms with Crippen LogP contribution in [0, 0.1) is 6.92 Å². The van der Waals surface area contributed by atoms with Crippen LogP contribution in [0.5, 0.6) is 0 Å². The summed E-state index contributed by atoms with van der Waals surface area (Å²) in [6, 6.07) is 0. The fraction of sp³-hybridized carbons (Fsp3) is 0.571. The molecule has 2 rings (SSSR count). The van der Waals surface area contributed by atoms with Crippen molar-refractivity contribution in [3.63, 3.8) is 0 Å². The van der Waals surface area contributed by atoms with E-state index < -0.39 is 45.8 Å². The molecule has 0 unspecified atom stereocenters. The Bertz CT molecular complexity index is 786. The second kappa shape index (κ2) is 6.61. The van der Waals surface area contributed by atoms with Gasteiger partial charge in [-0.1, -0.05) is 15.9 Å². The third-order valence-corrected chi connectivity index (χ3v) is 5.04. The van der Waals surface area contributed by atoms with E-state index in [-0.39, 0.29) is 12.2 Å². The average molecular weight is 405 g/mol. The Hall–Kier alpha value is -1.78. The van der Waals surface area contributed by atoms with E-state index in [0.29, 0.717) is 0 Å². The minimum Gasteiger partial charge on any atom is -0.463 e. The van der Waals surface area contributed by atoms with E-state index in [4.69, 9.17) is 9.47 Å². The zero-order chi connectivity index (χ0) is 18.2. The van der Waals surface area contributed by atoms with Crippen molar-refractivity contribution >= 4 is 27.7 Å². The van der Waals surface area contributed by atoms with E-state index >= 15 is 0 Å². The molecular weight excluding hydrogens is 388 g/mol. The molecule has 9 nitrogen and oxygen atoms in total. The predicted octanol–water partition coefficient (Wildman–Crippen LogP) is -0.611. The number of ketones is 1. The maximum atomic E-state index is 12.0. The molecule has 0 amide bonds. The van der Waals surface area contributed by atoms with Crippen molar-refractivity contribution in [3.05, 3.63) is 32.6 Å². The zero-order valence-corrected chi connectivity index (χ0v) is 14.8. The second-order valence-corrected chi connectivity index (χ2v) is 6.57. The molecule has 1 aliphatic rings. The fourth-order valence-electron chi connectivity index (χ4n) is 2.50. The SMILES string of the molecule is CC(=O)OC[C@H]1O[C@@H](n2cc(C)c(=O)[nH]c2=O)[C@H](Br)[C@@]1(O)C(C)=O. The summed E-state index contributed by atoms with van der Waals surface area (Å²) in [7, 11) is 0. The first-order valence-electron chi connectivity index (χ1n) is 7.07. The number of halogens is 1. The minimum atomic E-state index is -2.01. The van der Waals surface area contributed by atoms with Crippen molar-refractivity contribution in [1.82, 2.24) is 9.55 Å². The number of ether oxygens (including phenoxy) is 2. The van der Waals surface area contributed by atoms with Crippen LogP contribution in [-0.4, -0.2) is 49.5 Å². The van der Waals surface area contributed by atoms with Gasteiger partial charge in [0.2, 0.25) is 0 Å². The Balaban J connectivity index is 2.45. The van der Waals surface area contributed by atoms with E-state index in [1.807, 2.05) is 0 Å². The lowest BCUT2D eigenvalue weighted by Crippen LogP contribution is -2.53. The summed E-state index contributed by atoms with van der Waals surface area (Å²) in [6.07, 6.45) is -0.982. The molecule has 1 aromatic rings. The molecule has 24 heavy (non-hydrogen) atoms. The van der Waals surface area contributed by atoms with Gasteiger partial charge in [0.1, 0.15) is 12.7 Å². The summed E-state index contributed by atoms with van der Waals surface area (Å²) in [5, 5.41) is 10.8. The van der Waals surface area contributed by atoms with Crippen molar-refractivity contribution in [1.29, 1.82) is 0 Å². The summed E-state index contributed by atoms with van der Waals surface area (Å²) >= 11 is 3.20. The van der Waals surface area contributed by atoms with Crippen molar-refractivity contribution in [2.45, 2.75) is 43.5 Å². The highest BCUT2D eigenvalue weighted by atomic mass is 79.9. The largest absolute Gasteiger partial charge is 0.463 e. The van der Waals surface area contributed by atoms with Crippen molar-refractivity contribution in [2.24, 2.45) is 0 Å². The third-order valence-electron chi connectivity index (χ3n) is 3.89. The number of carbonyl (C=O) groups excluding carboxylic acids is 2. The van der Waals surface area contributed by atoms with Crippen molar-refractivity contribution < 1.29 is 24.2 Å². The normalized spacial score (nSPS) is 29.5. The summed E-state index contributed by atoms with van der Waals surface area (Å²) in [6.45, 7) is 3.49. The van der Waals surface area contributed by atoms with Gasteiger partial charge in [0.15, 0.2) is 17.6 Å².